The Balaban J connectivity index is 2.02. The number of guanidine groups is 1. The lowest BCUT2D eigenvalue weighted by Crippen LogP contribution is -2.20. The number of halogens is 1. The Hall–Kier alpha value is -2.28. The van der Waals surface area contributed by atoms with E-state index < -0.39 is 0 Å². The molecule has 5 heteroatoms. The summed E-state index contributed by atoms with van der Waals surface area (Å²) >= 11 is 2.14. The quantitative estimate of drug-likeness (QED) is 0.510. The topological polar surface area (TPSA) is 45.0 Å². The molecule has 0 unspecified atom stereocenters. The third-order valence-electron chi connectivity index (χ3n) is 4.12. The van der Waals surface area contributed by atoms with E-state index in [9.17, 15) is 4.79 Å². The van der Waals surface area contributed by atoms with Gasteiger partial charge in [-0.2, -0.15) is 0 Å². The lowest BCUT2D eigenvalue weighted by Gasteiger charge is -2.19. The minimum absolute atomic E-state index is 0.00580. The summed E-state index contributed by atoms with van der Waals surface area (Å²) in [5.74, 6) is 0.613. The van der Waals surface area contributed by atoms with E-state index in [4.69, 9.17) is 0 Å². The molecule has 0 atom stereocenters. The van der Waals surface area contributed by atoms with Crippen LogP contribution in [0.4, 0.5) is 0 Å². The van der Waals surface area contributed by atoms with Crippen LogP contribution in [0.5, 0.6) is 0 Å². The maximum absolute atomic E-state index is 13.2. The monoisotopic (exact) mass is 427 g/mol. The van der Waals surface area contributed by atoms with Gasteiger partial charge in [-0.1, -0.05) is 54.1 Å². The zero-order valence-corrected chi connectivity index (χ0v) is 15.4. The molecule has 4 rings (SSSR count). The molecule has 0 amide bonds. The molecule has 4 nitrogen and oxygen atoms in total. The Morgan fingerprint density at radius 1 is 1.00 bits per heavy atom. The van der Waals surface area contributed by atoms with Crippen molar-refractivity contribution in [1.29, 1.82) is 0 Å². The number of carbonyl (C=O) groups is 1. The van der Waals surface area contributed by atoms with E-state index in [1.807, 2.05) is 65.6 Å². The van der Waals surface area contributed by atoms with Crippen LogP contribution in [-0.2, 0) is 0 Å². The van der Waals surface area contributed by atoms with Crippen molar-refractivity contribution in [2.45, 2.75) is 6.92 Å². The SMILES string of the molecule is Cc1cccc(C2=C3N=C(N(C)I)N=C3c3ccccc3C2=O)c1. The van der Waals surface area contributed by atoms with E-state index in [2.05, 4.69) is 32.8 Å². The molecule has 1 aliphatic heterocycles. The number of Topliss-reactive ketones (excluding diaryl/α,β-unsaturated/α-hetero) is 1. The number of hydrogen-bond donors (Lipinski definition) is 0. The van der Waals surface area contributed by atoms with Gasteiger partial charge in [0.15, 0.2) is 5.78 Å². The van der Waals surface area contributed by atoms with Crippen molar-refractivity contribution in [1.82, 2.24) is 3.11 Å². The molecule has 0 saturated carbocycles. The summed E-state index contributed by atoms with van der Waals surface area (Å²) in [5.41, 5.74) is 5.61. The molecule has 0 bridgehead atoms. The van der Waals surface area contributed by atoms with E-state index in [1.54, 1.807) is 0 Å². The number of carbonyl (C=O) groups excluding carboxylic acids is 1. The second-order valence-corrected chi connectivity index (χ2v) is 7.26. The van der Waals surface area contributed by atoms with Gasteiger partial charge in [0, 0.05) is 18.2 Å². The van der Waals surface area contributed by atoms with Gasteiger partial charge in [-0.3, -0.25) is 7.91 Å². The first kappa shape index (κ1) is 15.3. The van der Waals surface area contributed by atoms with Crippen molar-refractivity contribution in [3.63, 3.8) is 0 Å². The van der Waals surface area contributed by atoms with Gasteiger partial charge in [0.2, 0.25) is 5.96 Å². The van der Waals surface area contributed by atoms with Gasteiger partial charge in [-0.05, 0) is 12.5 Å². The number of aryl methyl sites for hydroxylation is 1. The smallest absolute Gasteiger partial charge is 0.235 e. The van der Waals surface area contributed by atoms with Gasteiger partial charge in [-0.15, -0.1) is 0 Å². The number of aliphatic imine (C=N–C) groups is 2. The molecule has 1 aliphatic carbocycles. The van der Waals surface area contributed by atoms with Crippen LogP contribution in [0.15, 0.2) is 64.2 Å². The second-order valence-electron chi connectivity index (χ2n) is 5.82. The third kappa shape index (κ3) is 2.31. The first-order valence-corrected chi connectivity index (χ1v) is 8.55. The second kappa shape index (κ2) is 5.66. The normalized spacial score (nSPS) is 15.7. The fraction of sp³-hybridized carbons (Fsp3) is 0.105. The highest BCUT2D eigenvalue weighted by Gasteiger charge is 2.34. The minimum Gasteiger partial charge on any atom is -0.288 e. The summed E-state index contributed by atoms with van der Waals surface area (Å²) in [6, 6.07) is 15.6. The number of ketones is 1. The van der Waals surface area contributed by atoms with E-state index in [0.717, 1.165) is 22.4 Å². The Kier molecular flexibility index (Phi) is 3.60. The summed E-state index contributed by atoms with van der Waals surface area (Å²) in [4.78, 5) is 22.4. The molecular formula is C19H14IN3O. The Morgan fingerprint density at radius 2 is 1.75 bits per heavy atom. The van der Waals surface area contributed by atoms with Crippen molar-refractivity contribution in [2.75, 3.05) is 7.05 Å². The third-order valence-corrected chi connectivity index (χ3v) is 4.55. The fourth-order valence-corrected chi connectivity index (χ4v) is 3.24. The maximum atomic E-state index is 13.2. The predicted octanol–water partition coefficient (Wildman–Crippen LogP) is 4.04. The van der Waals surface area contributed by atoms with Gasteiger partial charge < -0.3 is 0 Å². The number of benzene rings is 2. The van der Waals surface area contributed by atoms with Crippen LogP contribution in [0.3, 0.4) is 0 Å². The molecular weight excluding hydrogens is 413 g/mol. The minimum atomic E-state index is 0.00580. The summed E-state index contributed by atoms with van der Waals surface area (Å²) in [5, 5.41) is 0. The van der Waals surface area contributed by atoms with Gasteiger partial charge in [0.1, 0.15) is 11.4 Å². The molecule has 0 radical (unpaired) electrons. The van der Waals surface area contributed by atoms with Gasteiger partial charge in [-0.25, -0.2) is 9.98 Å². The van der Waals surface area contributed by atoms with Gasteiger partial charge in [0.25, 0.3) is 0 Å². The molecule has 0 saturated heterocycles. The first-order valence-electron chi connectivity index (χ1n) is 7.59. The van der Waals surface area contributed by atoms with E-state index >= 15 is 0 Å². The Bertz CT molecular complexity index is 970. The Labute approximate surface area is 154 Å². The average Bonchev–Trinajstić information content (AvgIpc) is 3.01. The van der Waals surface area contributed by atoms with Crippen LogP contribution in [0.1, 0.15) is 27.0 Å². The van der Waals surface area contributed by atoms with Gasteiger partial charge in [0.05, 0.1) is 28.4 Å². The van der Waals surface area contributed by atoms with Crippen molar-refractivity contribution in [2.24, 2.45) is 9.98 Å². The molecule has 0 N–H and O–H groups in total. The van der Waals surface area contributed by atoms with Crippen LogP contribution >= 0.6 is 22.9 Å². The number of nitrogens with zero attached hydrogens (tertiary/aromatic N) is 3. The molecule has 0 aromatic heterocycles. The summed E-state index contributed by atoms with van der Waals surface area (Å²) in [7, 11) is 1.89. The van der Waals surface area contributed by atoms with Gasteiger partial charge >= 0.3 is 0 Å². The van der Waals surface area contributed by atoms with Crippen molar-refractivity contribution < 1.29 is 4.79 Å². The highest BCUT2D eigenvalue weighted by atomic mass is 127. The molecule has 1 heterocycles. The molecule has 2 aliphatic rings. The van der Waals surface area contributed by atoms with Crippen molar-refractivity contribution >= 4 is 45.9 Å². The van der Waals surface area contributed by atoms with Crippen LogP contribution in [0.2, 0.25) is 0 Å². The summed E-state index contributed by atoms with van der Waals surface area (Å²) in [6.45, 7) is 2.02. The highest BCUT2D eigenvalue weighted by molar-refractivity contribution is 14.1. The zero-order chi connectivity index (χ0) is 16.8. The van der Waals surface area contributed by atoms with E-state index in [0.29, 0.717) is 22.8 Å². The van der Waals surface area contributed by atoms with Crippen LogP contribution in [0.25, 0.3) is 5.57 Å². The maximum Gasteiger partial charge on any atom is 0.235 e. The Morgan fingerprint density at radius 3 is 2.46 bits per heavy atom. The van der Waals surface area contributed by atoms with Crippen molar-refractivity contribution in [3.05, 3.63) is 76.5 Å². The molecule has 0 spiro atoms. The zero-order valence-electron chi connectivity index (χ0n) is 13.2. The molecule has 118 valence electrons. The van der Waals surface area contributed by atoms with Crippen molar-refractivity contribution in [3.8, 4) is 0 Å². The molecule has 0 fully saturated rings. The average molecular weight is 427 g/mol. The fourth-order valence-electron chi connectivity index (χ4n) is 3.03. The van der Waals surface area contributed by atoms with Crippen LogP contribution in [0, 0.1) is 6.92 Å². The summed E-state index contributed by atoms with van der Waals surface area (Å²) in [6.07, 6.45) is 0. The number of rotatable bonds is 1. The van der Waals surface area contributed by atoms with Crippen LogP contribution < -0.4 is 0 Å². The first-order chi connectivity index (χ1) is 11.6. The molecule has 2 aromatic carbocycles. The predicted molar refractivity (Wildman–Crippen MR) is 105 cm³/mol. The summed E-state index contributed by atoms with van der Waals surface area (Å²) < 4.78 is 1.83. The number of hydrogen-bond acceptors (Lipinski definition) is 4. The standard InChI is InChI=1S/C19H14IN3O/c1-11-6-5-7-12(10-11)15-17-16(21-19(22-17)23(2)20)13-8-3-4-9-14(13)18(15)24/h3-10H,1-2H3. The number of fused-ring (bicyclic) bond motifs is 3. The molecule has 2 aromatic rings. The largest absolute Gasteiger partial charge is 0.288 e. The van der Waals surface area contributed by atoms with Crippen LogP contribution in [-0.4, -0.2) is 27.6 Å². The lowest BCUT2D eigenvalue weighted by atomic mass is 9.83. The highest BCUT2D eigenvalue weighted by Crippen LogP contribution is 2.36. The number of allylic oxidation sites excluding steroid dienone is 2. The van der Waals surface area contributed by atoms with E-state index in [1.165, 1.54) is 0 Å². The molecule has 24 heavy (non-hydrogen) atoms. The van der Waals surface area contributed by atoms with E-state index in [-0.39, 0.29) is 5.78 Å². The lowest BCUT2D eigenvalue weighted by molar-refractivity contribution is 0.105.